The molecule has 20 heteroatoms. The van der Waals surface area contributed by atoms with Crippen LogP contribution in [0.15, 0.2) is 0 Å². The van der Waals surface area contributed by atoms with Crippen molar-refractivity contribution in [2.75, 3.05) is 106 Å². The first-order valence-electron chi connectivity index (χ1n) is 15.6. The molecule has 18 nitrogen and oxygen atoms in total. The summed E-state index contributed by atoms with van der Waals surface area (Å²) in [4.78, 5) is 47.4. The van der Waals surface area contributed by atoms with Crippen LogP contribution in [0, 0.1) is 0 Å². The quantitative estimate of drug-likeness (QED) is 0.0747. The molecule has 0 aromatic heterocycles. The van der Waals surface area contributed by atoms with Gasteiger partial charge in [-0.3, -0.25) is 14.4 Å². The number of methoxy groups -OCH3 is 13. The molecular weight excluding hydrogens is 743 g/mol. The van der Waals surface area contributed by atoms with Crippen LogP contribution in [0.4, 0.5) is 0 Å². The predicted molar refractivity (Wildman–Crippen MR) is 185 cm³/mol. The number of carbonyl (C=O) groups is 4. The van der Waals surface area contributed by atoms with Gasteiger partial charge in [-0.05, 0) is 30.1 Å². The average Bonchev–Trinajstić information content (AvgIpc) is 3.12. The van der Waals surface area contributed by atoms with E-state index in [9.17, 15) is 19.2 Å². The van der Waals surface area contributed by atoms with E-state index >= 15 is 0 Å². The highest BCUT2D eigenvalue weighted by Crippen LogP contribution is 2.21. The van der Waals surface area contributed by atoms with Gasteiger partial charge in [0.05, 0.1) is 6.61 Å². The Hall–Kier alpha value is -1.46. The topological polar surface area (TPSA) is 197 Å². The van der Waals surface area contributed by atoms with E-state index in [1.807, 2.05) is 0 Å². The van der Waals surface area contributed by atoms with E-state index in [0.717, 1.165) is 0 Å². The molecule has 0 aliphatic carbocycles. The van der Waals surface area contributed by atoms with Crippen molar-refractivity contribution < 1.29 is 85.5 Å². The monoisotopic (exact) mass is 800 g/mol. The first kappa shape index (κ1) is 52.6. The summed E-state index contributed by atoms with van der Waals surface area (Å²) >= 11 is 10.8. The van der Waals surface area contributed by atoms with E-state index < -0.39 is 89.7 Å². The van der Waals surface area contributed by atoms with E-state index in [1.54, 1.807) is 7.11 Å². The fourth-order valence-electron chi connectivity index (χ4n) is 5.33. The third-order valence-corrected chi connectivity index (χ3v) is 8.38. The Bertz CT molecular complexity index is 965. The fourth-order valence-corrected chi connectivity index (χ4v) is 5.75. The number of rotatable bonds is 29. The SMILES string of the molecule is COCC(OC)C(OC)C(OC)C(COC(=O)C(OC)C(OC)C(OC)C(OC)C(C)=O)OC.CO[C@H]([C@H](OC)[C@@H](OC)C(=O)Cl)[C@H](OC)C(=O)Cl. The second-order valence-corrected chi connectivity index (χ2v) is 11.4. The van der Waals surface area contributed by atoms with Gasteiger partial charge in [0.15, 0.2) is 24.1 Å². The molecule has 0 fully saturated rings. The molecule has 0 spiro atoms. The van der Waals surface area contributed by atoms with Crippen LogP contribution < -0.4 is 0 Å². The molecule has 0 heterocycles. The zero-order chi connectivity index (χ0) is 40.6. The van der Waals surface area contributed by atoms with E-state index in [4.69, 9.17) is 89.5 Å². The van der Waals surface area contributed by atoms with Gasteiger partial charge in [0.25, 0.3) is 10.5 Å². The van der Waals surface area contributed by atoms with Crippen LogP contribution in [-0.2, 0) is 85.5 Å². The number of hydrogen-bond donors (Lipinski definition) is 0. The van der Waals surface area contributed by atoms with Crippen LogP contribution >= 0.6 is 23.2 Å². The summed E-state index contributed by atoms with van der Waals surface area (Å²) in [5, 5.41) is -1.55. The molecule has 308 valence electrons. The molecule has 8 unspecified atom stereocenters. The van der Waals surface area contributed by atoms with Crippen LogP contribution in [0.3, 0.4) is 0 Å². The zero-order valence-electron chi connectivity index (χ0n) is 32.4. The Balaban J connectivity index is 0. The van der Waals surface area contributed by atoms with Gasteiger partial charge in [-0.1, -0.05) is 0 Å². The van der Waals surface area contributed by atoms with Crippen molar-refractivity contribution in [3.05, 3.63) is 0 Å². The lowest BCUT2D eigenvalue weighted by molar-refractivity contribution is -0.193. The standard InChI is InChI=1S/C22H42O12.C10H16Cl2O6/c1-13(23)16(28-5)19(31-8)20(32-9)21(33-10)22(24)34-12-15(27-4)18(30-7)17(29-6)14(26-3)11-25-2;1-15-5(7(17-3)9(11)13)6(16-2)8(18-4)10(12)14/h14-21H,11-12H2,1-10H3;5-8H,1-4H3/t;5-,6+,7+,8-. The Morgan fingerprint density at radius 2 is 0.712 bits per heavy atom. The van der Waals surface area contributed by atoms with Gasteiger partial charge in [0.1, 0.15) is 61.5 Å². The minimum Gasteiger partial charge on any atom is -0.461 e. The number of ether oxygens (including phenoxy) is 14. The number of carbonyl (C=O) groups excluding carboxylic acids is 4. The fraction of sp³-hybridized carbons (Fsp3) is 0.875. The minimum absolute atomic E-state index is 0.189. The maximum absolute atomic E-state index is 13.0. The molecule has 0 aliphatic heterocycles. The molecule has 0 radical (unpaired) electrons. The van der Waals surface area contributed by atoms with Crippen molar-refractivity contribution in [3.8, 4) is 0 Å². The number of esters is 1. The summed E-state index contributed by atoms with van der Waals surface area (Å²) in [7, 11) is 18.2. The second kappa shape index (κ2) is 29.8. The van der Waals surface area contributed by atoms with Crippen molar-refractivity contribution in [1.82, 2.24) is 0 Å². The molecule has 12 atom stereocenters. The van der Waals surface area contributed by atoms with Gasteiger partial charge in [0, 0.05) is 92.4 Å². The van der Waals surface area contributed by atoms with Crippen LogP contribution in [0.5, 0.6) is 0 Å². The summed E-state index contributed by atoms with van der Waals surface area (Å²) in [6.45, 7) is 1.41. The highest BCUT2D eigenvalue weighted by atomic mass is 35.5. The Kier molecular flexibility index (Phi) is 30.2. The predicted octanol–water partition coefficient (Wildman–Crippen LogP) is 0.462. The summed E-state index contributed by atoms with van der Waals surface area (Å²) in [6, 6.07) is 0. The van der Waals surface area contributed by atoms with Gasteiger partial charge < -0.3 is 66.3 Å². The summed E-state index contributed by atoms with van der Waals surface area (Å²) in [5.41, 5.74) is 0. The maximum Gasteiger partial charge on any atom is 0.338 e. The Morgan fingerprint density at radius 1 is 0.404 bits per heavy atom. The molecule has 0 saturated heterocycles. The zero-order valence-corrected chi connectivity index (χ0v) is 34.0. The Morgan fingerprint density at radius 3 is 0.962 bits per heavy atom. The first-order valence-corrected chi connectivity index (χ1v) is 16.3. The highest BCUT2D eigenvalue weighted by Gasteiger charge is 2.44. The number of halogens is 2. The van der Waals surface area contributed by atoms with Crippen molar-refractivity contribution in [2.45, 2.75) is 80.2 Å². The van der Waals surface area contributed by atoms with E-state index in [-0.39, 0.29) is 19.0 Å². The summed E-state index contributed by atoms with van der Waals surface area (Å²) in [5.74, 6) is -1.04. The van der Waals surface area contributed by atoms with Crippen LogP contribution in [-0.4, -0.2) is 201 Å². The van der Waals surface area contributed by atoms with Crippen molar-refractivity contribution >= 4 is 45.4 Å². The van der Waals surface area contributed by atoms with E-state index in [0.29, 0.717) is 0 Å². The number of Topliss-reactive ketones (excluding diaryl/α,β-unsaturated/α-hetero) is 1. The van der Waals surface area contributed by atoms with Gasteiger partial charge >= 0.3 is 5.97 Å². The molecule has 0 amide bonds. The lowest BCUT2D eigenvalue weighted by atomic mass is 9.99. The third-order valence-electron chi connectivity index (χ3n) is 7.95. The number of hydrogen-bond acceptors (Lipinski definition) is 18. The van der Waals surface area contributed by atoms with Crippen LogP contribution in [0.25, 0.3) is 0 Å². The highest BCUT2D eigenvalue weighted by molar-refractivity contribution is 6.65. The molecule has 0 aromatic carbocycles. The molecule has 0 rings (SSSR count). The second-order valence-electron chi connectivity index (χ2n) is 10.7. The molecule has 0 aliphatic rings. The smallest absolute Gasteiger partial charge is 0.338 e. The number of ketones is 1. The van der Waals surface area contributed by atoms with Gasteiger partial charge in [-0.25, -0.2) is 4.79 Å². The summed E-state index contributed by atoms with van der Waals surface area (Å²) < 4.78 is 74.3. The molecule has 52 heavy (non-hydrogen) atoms. The van der Waals surface area contributed by atoms with E-state index in [1.165, 1.54) is 92.2 Å². The van der Waals surface area contributed by atoms with Gasteiger partial charge in [0.2, 0.25) is 0 Å². The first-order chi connectivity index (χ1) is 24.7. The van der Waals surface area contributed by atoms with Crippen LogP contribution in [0.1, 0.15) is 6.92 Å². The molecular formula is C32H58Cl2O18. The molecule has 0 aromatic rings. The average molecular weight is 802 g/mol. The third kappa shape index (κ3) is 16.1. The normalized spacial score (nSPS) is 18.5. The lowest BCUT2D eigenvalue weighted by Gasteiger charge is -2.35. The van der Waals surface area contributed by atoms with Crippen molar-refractivity contribution in [2.24, 2.45) is 0 Å². The van der Waals surface area contributed by atoms with Gasteiger partial charge in [-0.2, -0.15) is 0 Å². The van der Waals surface area contributed by atoms with Crippen molar-refractivity contribution in [1.29, 1.82) is 0 Å². The largest absolute Gasteiger partial charge is 0.461 e. The molecule has 0 bridgehead atoms. The Labute approximate surface area is 316 Å². The van der Waals surface area contributed by atoms with E-state index in [2.05, 4.69) is 0 Å². The van der Waals surface area contributed by atoms with Crippen LogP contribution in [0.2, 0.25) is 0 Å². The van der Waals surface area contributed by atoms with Crippen molar-refractivity contribution in [3.63, 3.8) is 0 Å². The maximum atomic E-state index is 13.0. The lowest BCUT2D eigenvalue weighted by Crippen LogP contribution is -2.54. The van der Waals surface area contributed by atoms with Gasteiger partial charge in [-0.15, -0.1) is 0 Å². The summed E-state index contributed by atoms with van der Waals surface area (Å²) in [6.07, 6.45) is -10.6. The molecule has 0 saturated carbocycles. The molecule has 0 N–H and O–H groups in total. The minimum atomic E-state index is -1.22.